The number of furan rings is 1. The van der Waals surface area contributed by atoms with Gasteiger partial charge in [0.05, 0.1) is 6.26 Å². The summed E-state index contributed by atoms with van der Waals surface area (Å²) in [7, 11) is 0. The topological polar surface area (TPSA) is 97.0 Å². The molecule has 0 radical (unpaired) electrons. The van der Waals surface area contributed by atoms with Crippen LogP contribution in [0.2, 0.25) is 0 Å². The number of hydrogen-bond acceptors (Lipinski definition) is 5. The minimum absolute atomic E-state index is 0.0701. The molecule has 2 aliphatic carbocycles. The summed E-state index contributed by atoms with van der Waals surface area (Å²) in [5, 5.41) is 21.1. The lowest BCUT2D eigenvalue weighted by Gasteiger charge is -2.56. The van der Waals surface area contributed by atoms with Gasteiger partial charge in [0, 0.05) is 43.1 Å². The number of carbonyl (C=O) groups excluding carboxylic acids is 1. The zero-order valence-corrected chi connectivity index (χ0v) is 15.7. The van der Waals surface area contributed by atoms with Crippen LogP contribution in [-0.2, 0) is 26.3 Å². The fraction of sp³-hybridized carbons (Fsp3) is 0.600. The van der Waals surface area contributed by atoms with E-state index in [4.69, 9.17) is 9.15 Å². The Morgan fingerprint density at radius 3 is 2.73 bits per heavy atom. The normalized spacial score (nSPS) is 33.0. The summed E-state index contributed by atoms with van der Waals surface area (Å²) in [5.74, 6) is -0.793. The largest absolute Gasteiger partial charge is 0.481 e. The third kappa shape index (κ3) is 2.58. The van der Waals surface area contributed by atoms with Gasteiger partial charge >= 0.3 is 11.9 Å². The molecule has 0 aromatic carbocycles. The average molecular weight is 362 g/mol. The minimum atomic E-state index is -1.40. The van der Waals surface area contributed by atoms with Crippen LogP contribution >= 0.6 is 0 Å². The Labute approximate surface area is 152 Å². The molecular weight excluding hydrogens is 336 g/mol. The second-order valence-electron chi connectivity index (χ2n) is 7.75. The maximum absolute atomic E-state index is 11.9. The molecule has 1 aromatic rings. The van der Waals surface area contributed by atoms with Crippen molar-refractivity contribution in [1.29, 1.82) is 0 Å². The summed E-state index contributed by atoms with van der Waals surface area (Å²) < 4.78 is 11.2. The highest BCUT2D eigenvalue weighted by atomic mass is 16.5. The summed E-state index contributed by atoms with van der Waals surface area (Å²) in [4.78, 5) is 22.8. The highest BCUT2D eigenvalue weighted by Crippen LogP contribution is 2.61. The number of aliphatic carboxylic acids is 1. The molecule has 142 valence electrons. The van der Waals surface area contributed by atoms with E-state index in [1.54, 1.807) is 6.26 Å². The molecule has 1 heterocycles. The van der Waals surface area contributed by atoms with Crippen LogP contribution in [0.25, 0.3) is 0 Å². The van der Waals surface area contributed by atoms with E-state index in [2.05, 4.69) is 0 Å². The predicted molar refractivity (Wildman–Crippen MR) is 93.4 cm³/mol. The standard InChI is InChI=1S/C20H26O6/c1-11-10-25-16-9-14-5-6-15(26-13(3)21)12(2)19(14,4)20(24,18(11)16)8-7-17(22)23/h5,10,12,15,24H,6-9H2,1-4H3,(H,22,23)/t12-,15-,19+,20+/m0/s1. The molecule has 26 heavy (non-hydrogen) atoms. The second-order valence-corrected chi connectivity index (χ2v) is 7.75. The first-order valence-electron chi connectivity index (χ1n) is 8.99. The van der Waals surface area contributed by atoms with E-state index < -0.39 is 17.0 Å². The molecule has 0 unspecified atom stereocenters. The number of aliphatic hydroxyl groups is 1. The number of carboxylic acid groups (broad SMARTS) is 1. The minimum Gasteiger partial charge on any atom is -0.481 e. The molecule has 0 amide bonds. The second kappa shape index (κ2) is 6.27. The molecule has 0 saturated heterocycles. The lowest BCUT2D eigenvalue weighted by Crippen LogP contribution is -2.57. The van der Waals surface area contributed by atoms with Crippen molar-refractivity contribution in [3.8, 4) is 0 Å². The summed E-state index contributed by atoms with van der Waals surface area (Å²) in [5.41, 5.74) is 0.370. The quantitative estimate of drug-likeness (QED) is 0.631. The van der Waals surface area contributed by atoms with Crippen molar-refractivity contribution in [3.05, 3.63) is 34.8 Å². The van der Waals surface area contributed by atoms with Crippen LogP contribution in [0.15, 0.2) is 22.3 Å². The monoisotopic (exact) mass is 362 g/mol. The summed E-state index contributed by atoms with van der Waals surface area (Å²) in [6, 6.07) is 0. The summed E-state index contributed by atoms with van der Waals surface area (Å²) >= 11 is 0. The molecule has 4 atom stereocenters. The van der Waals surface area contributed by atoms with Crippen LogP contribution in [0.5, 0.6) is 0 Å². The Morgan fingerprint density at radius 1 is 1.42 bits per heavy atom. The van der Waals surface area contributed by atoms with E-state index in [0.717, 1.165) is 11.1 Å². The Hall–Kier alpha value is -2.08. The van der Waals surface area contributed by atoms with Crippen molar-refractivity contribution in [2.45, 2.75) is 65.1 Å². The van der Waals surface area contributed by atoms with Crippen molar-refractivity contribution in [2.24, 2.45) is 11.3 Å². The number of carbonyl (C=O) groups is 2. The van der Waals surface area contributed by atoms with Crippen LogP contribution in [0, 0.1) is 18.3 Å². The number of carboxylic acids is 1. The molecular formula is C20H26O6. The highest BCUT2D eigenvalue weighted by molar-refractivity contribution is 5.67. The van der Waals surface area contributed by atoms with Gasteiger partial charge in [-0.05, 0) is 18.9 Å². The van der Waals surface area contributed by atoms with E-state index in [1.807, 2.05) is 26.8 Å². The summed E-state index contributed by atoms with van der Waals surface area (Å²) in [6.07, 6.45) is 4.34. The molecule has 6 heteroatoms. The van der Waals surface area contributed by atoms with E-state index in [1.165, 1.54) is 6.92 Å². The van der Waals surface area contributed by atoms with Gasteiger partial charge in [-0.2, -0.15) is 0 Å². The maximum atomic E-state index is 11.9. The first kappa shape index (κ1) is 18.7. The lowest BCUT2D eigenvalue weighted by molar-refractivity contribution is -0.166. The van der Waals surface area contributed by atoms with Gasteiger partial charge in [0.25, 0.3) is 0 Å². The number of ether oxygens (including phenoxy) is 1. The van der Waals surface area contributed by atoms with Gasteiger partial charge in [0.1, 0.15) is 17.5 Å². The molecule has 0 saturated carbocycles. The van der Waals surface area contributed by atoms with Crippen molar-refractivity contribution >= 4 is 11.9 Å². The highest BCUT2D eigenvalue weighted by Gasteiger charge is 2.60. The smallest absolute Gasteiger partial charge is 0.303 e. The third-order valence-corrected chi connectivity index (χ3v) is 6.42. The SMILES string of the molecule is CC(=O)O[C@H]1CC=C2Cc3occ(C)c3[C@](O)(CCC(=O)O)[C@]2(C)[C@H]1C. The maximum Gasteiger partial charge on any atom is 0.303 e. The van der Waals surface area contributed by atoms with Gasteiger partial charge < -0.3 is 19.4 Å². The first-order valence-corrected chi connectivity index (χ1v) is 8.99. The van der Waals surface area contributed by atoms with Crippen molar-refractivity contribution in [2.75, 3.05) is 0 Å². The number of fused-ring (bicyclic) bond motifs is 2. The molecule has 3 rings (SSSR count). The van der Waals surface area contributed by atoms with Crippen LogP contribution < -0.4 is 0 Å². The third-order valence-electron chi connectivity index (χ3n) is 6.42. The Balaban J connectivity index is 2.14. The van der Waals surface area contributed by atoms with Crippen LogP contribution in [0.1, 0.15) is 56.9 Å². The number of aryl methyl sites for hydroxylation is 1. The van der Waals surface area contributed by atoms with E-state index in [-0.39, 0.29) is 30.8 Å². The number of rotatable bonds is 4. The zero-order valence-electron chi connectivity index (χ0n) is 15.7. The van der Waals surface area contributed by atoms with Gasteiger partial charge in [0.15, 0.2) is 0 Å². The van der Waals surface area contributed by atoms with E-state index in [0.29, 0.717) is 24.2 Å². The Bertz CT molecular complexity index is 775. The lowest BCUT2D eigenvalue weighted by atomic mass is 9.51. The molecule has 2 N–H and O–H groups in total. The van der Waals surface area contributed by atoms with Gasteiger partial charge in [-0.15, -0.1) is 0 Å². The van der Waals surface area contributed by atoms with Crippen LogP contribution in [0.3, 0.4) is 0 Å². The average Bonchev–Trinajstić information content (AvgIpc) is 2.93. The number of esters is 1. The fourth-order valence-corrected chi connectivity index (χ4v) is 4.89. The molecule has 0 fully saturated rings. The van der Waals surface area contributed by atoms with Gasteiger partial charge in [-0.1, -0.05) is 25.5 Å². The van der Waals surface area contributed by atoms with Crippen LogP contribution in [0.4, 0.5) is 0 Å². The van der Waals surface area contributed by atoms with Gasteiger partial charge in [-0.3, -0.25) is 9.59 Å². The van der Waals surface area contributed by atoms with E-state index >= 15 is 0 Å². The van der Waals surface area contributed by atoms with Crippen LogP contribution in [-0.4, -0.2) is 28.3 Å². The van der Waals surface area contributed by atoms with Crippen molar-refractivity contribution in [3.63, 3.8) is 0 Å². The summed E-state index contributed by atoms with van der Waals surface area (Å²) in [6.45, 7) is 7.16. The molecule has 2 aliphatic rings. The molecule has 6 nitrogen and oxygen atoms in total. The van der Waals surface area contributed by atoms with Gasteiger partial charge in [0.2, 0.25) is 0 Å². The zero-order chi connectivity index (χ0) is 19.3. The molecule has 0 spiro atoms. The molecule has 0 bridgehead atoms. The van der Waals surface area contributed by atoms with Crippen molar-refractivity contribution in [1.82, 2.24) is 0 Å². The molecule has 1 aromatic heterocycles. The number of hydrogen-bond donors (Lipinski definition) is 2. The predicted octanol–water partition coefficient (Wildman–Crippen LogP) is 3.10. The van der Waals surface area contributed by atoms with Gasteiger partial charge in [-0.25, -0.2) is 0 Å². The Morgan fingerprint density at radius 2 is 2.12 bits per heavy atom. The van der Waals surface area contributed by atoms with E-state index in [9.17, 15) is 19.8 Å². The first-order chi connectivity index (χ1) is 12.1. The fourth-order valence-electron chi connectivity index (χ4n) is 4.89. The molecule has 0 aliphatic heterocycles. The Kier molecular flexibility index (Phi) is 4.51. The van der Waals surface area contributed by atoms with Crippen molar-refractivity contribution < 1.29 is 29.0 Å².